The first kappa shape index (κ1) is 14.6. The van der Waals surface area contributed by atoms with Gasteiger partial charge in [0.15, 0.2) is 5.82 Å². The molecule has 1 heterocycles. The molecule has 1 aromatic rings. The number of tetrazole rings is 1. The van der Waals surface area contributed by atoms with Crippen molar-refractivity contribution in [1.29, 1.82) is 0 Å². The number of hydrogen-bond acceptors (Lipinski definition) is 4. The van der Waals surface area contributed by atoms with Crippen molar-refractivity contribution in [3.63, 3.8) is 0 Å². The zero-order chi connectivity index (χ0) is 13.5. The van der Waals surface area contributed by atoms with Gasteiger partial charge in [0.1, 0.15) is 0 Å². The van der Waals surface area contributed by atoms with E-state index in [-0.39, 0.29) is 12.5 Å². The lowest BCUT2D eigenvalue weighted by Gasteiger charge is -2.19. The van der Waals surface area contributed by atoms with Crippen LogP contribution in [0.15, 0.2) is 0 Å². The van der Waals surface area contributed by atoms with E-state index in [9.17, 15) is 4.79 Å². The van der Waals surface area contributed by atoms with Crippen LogP contribution in [0.4, 0.5) is 0 Å². The zero-order valence-corrected chi connectivity index (χ0v) is 11.3. The van der Waals surface area contributed by atoms with Crippen LogP contribution in [-0.4, -0.2) is 31.3 Å². The predicted molar refractivity (Wildman–Crippen MR) is 67.3 cm³/mol. The average Bonchev–Trinajstić information content (AvgIpc) is 2.79. The monoisotopic (exact) mass is 254 g/mol. The van der Waals surface area contributed by atoms with Gasteiger partial charge in [0, 0.05) is 5.92 Å². The van der Waals surface area contributed by atoms with Crippen molar-refractivity contribution in [3.05, 3.63) is 5.82 Å². The van der Waals surface area contributed by atoms with E-state index in [4.69, 9.17) is 5.11 Å². The minimum atomic E-state index is -0.806. The maximum atomic E-state index is 10.9. The molecule has 0 aliphatic carbocycles. The summed E-state index contributed by atoms with van der Waals surface area (Å²) in [6.07, 6.45) is 3.70. The number of aromatic nitrogens is 4. The third-order valence-electron chi connectivity index (χ3n) is 3.25. The number of carbonyl (C=O) groups is 1. The smallest absolute Gasteiger partial charge is 0.305 e. The fourth-order valence-corrected chi connectivity index (χ4v) is 2.23. The van der Waals surface area contributed by atoms with Gasteiger partial charge < -0.3 is 5.11 Å². The Morgan fingerprint density at radius 3 is 2.50 bits per heavy atom. The molecule has 0 fully saturated rings. The highest BCUT2D eigenvalue weighted by molar-refractivity contribution is 5.67. The molecule has 1 atom stereocenters. The molecule has 0 bridgehead atoms. The summed E-state index contributed by atoms with van der Waals surface area (Å²) < 4.78 is 1.72. The van der Waals surface area contributed by atoms with E-state index in [1.165, 1.54) is 0 Å². The summed E-state index contributed by atoms with van der Waals surface area (Å²) in [6.45, 7) is 6.23. The van der Waals surface area contributed by atoms with Crippen LogP contribution in [0.3, 0.4) is 0 Å². The molecule has 0 aromatic carbocycles. The highest BCUT2D eigenvalue weighted by atomic mass is 16.4. The van der Waals surface area contributed by atoms with E-state index in [0.717, 1.165) is 31.5 Å². The van der Waals surface area contributed by atoms with Crippen molar-refractivity contribution in [2.24, 2.45) is 0 Å². The second-order valence-electron chi connectivity index (χ2n) is 4.54. The van der Waals surface area contributed by atoms with Crippen LogP contribution < -0.4 is 0 Å². The fourth-order valence-electron chi connectivity index (χ4n) is 2.23. The SMILES string of the molecule is CCCC(CC(=O)O)n1nnnc1C(CC)CC. The molecule has 0 saturated heterocycles. The Morgan fingerprint density at radius 2 is 2.00 bits per heavy atom. The largest absolute Gasteiger partial charge is 0.481 e. The molecule has 102 valence electrons. The summed E-state index contributed by atoms with van der Waals surface area (Å²) in [5.74, 6) is 0.312. The Balaban J connectivity index is 2.97. The first-order valence-electron chi connectivity index (χ1n) is 6.63. The molecule has 0 aliphatic rings. The normalized spacial score (nSPS) is 12.9. The fraction of sp³-hybridized carbons (Fsp3) is 0.833. The van der Waals surface area contributed by atoms with Gasteiger partial charge in [-0.3, -0.25) is 4.79 Å². The Morgan fingerprint density at radius 1 is 1.33 bits per heavy atom. The van der Waals surface area contributed by atoms with Crippen LogP contribution in [0.5, 0.6) is 0 Å². The molecule has 0 amide bonds. The Bertz CT molecular complexity index is 374. The first-order valence-corrected chi connectivity index (χ1v) is 6.63. The molecular weight excluding hydrogens is 232 g/mol. The lowest BCUT2D eigenvalue weighted by molar-refractivity contribution is -0.138. The summed E-state index contributed by atoms with van der Waals surface area (Å²) in [6, 6.07) is -0.141. The second-order valence-corrected chi connectivity index (χ2v) is 4.54. The van der Waals surface area contributed by atoms with Gasteiger partial charge in [0.2, 0.25) is 0 Å². The minimum absolute atomic E-state index is 0.0754. The van der Waals surface area contributed by atoms with Gasteiger partial charge in [-0.05, 0) is 29.7 Å². The van der Waals surface area contributed by atoms with E-state index in [0.29, 0.717) is 5.92 Å². The predicted octanol–water partition coefficient (Wildman–Crippen LogP) is 2.39. The molecule has 18 heavy (non-hydrogen) atoms. The molecular formula is C12H22N4O2. The Kier molecular flexibility index (Phi) is 5.74. The minimum Gasteiger partial charge on any atom is -0.481 e. The summed E-state index contributed by atoms with van der Waals surface area (Å²) in [4.78, 5) is 10.9. The van der Waals surface area contributed by atoms with Crippen LogP contribution >= 0.6 is 0 Å². The van der Waals surface area contributed by atoms with Crippen molar-refractivity contribution in [2.75, 3.05) is 0 Å². The van der Waals surface area contributed by atoms with Crippen molar-refractivity contribution < 1.29 is 9.90 Å². The summed E-state index contributed by atoms with van der Waals surface area (Å²) in [5, 5.41) is 20.8. The number of carboxylic acid groups (broad SMARTS) is 1. The van der Waals surface area contributed by atoms with E-state index >= 15 is 0 Å². The van der Waals surface area contributed by atoms with Gasteiger partial charge >= 0.3 is 5.97 Å². The van der Waals surface area contributed by atoms with E-state index in [1.807, 2.05) is 6.92 Å². The lowest BCUT2D eigenvalue weighted by Crippen LogP contribution is -2.19. The summed E-state index contributed by atoms with van der Waals surface area (Å²) in [7, 11) is 0. The van der Waals surface area contributed by atoms with E-state index in [1.54, 1.807) is 4.68 Å². The van der Waals surface area contributed by atoms with Crippen LogP contribution in [0.25, 0.3) is 0 Å². The van der Waals surface area contributed by atoms with Gasteiger partial charge in [-0.2, -0.15) is 0 Å². The van der Waals surface area contributed by atoms with Gasteiger partial charge in [-0.15, -0.1) is 5.10 Å². The molecule has 1 aromatic heterocycles. The molecule has 0 spiro atoms. The maximum Gasteiger partial charge on any atom is 0.305 e. The van der Waals surface area contributed by atoms with Crippen LogP contribution in [0.1, 0.15) is 70.7 Å². The van der Waals surface area contributed by atoms with Crippen molar-refractivity contribution in [3.8, 4) is 0 Å². The van der Waals surface area contributed by atoms with Crippen LogP contribution in [-0.2, 0) is 4.79 Å². The zero-order valence-electron chi connectivity index (χ0n) is 11.3. The number of carboxylic acids is 1. The van der Waals surface area contributed by atoms with Crippen LogP contribution in [0.2, 0.25) is 0 Å². The van der Waals surface area contributed by atoms with Gasteiger partial charge in [0.05, 0.1) is 12.5 Å². The lowest BCUT2D eigenvalue weighted by atomic mass is 10.0. The van der Waals surface area contributed by atoms with Gasteiger partial charge in [0.25, 0.3) is 0 Å². The number of hydrogen-bond donors (Lipinski definition) is 1. The second kappa shape index (κ2) is 7.08. The number of nitrogens with zero attached hydrogens (tertiary/aromatic N) is 4. The first-order chi connectivity index (χ1) is 8.63. The summed E-state index contributed by atoms with van der Waals surface area (Å²) in [5.41, 5.74) is 0. The maximum absolute atomic E-state index is 10.9. The topological polar surface area (TPSA) is 80.9 Å². The van der Waals surface area contributed by atoms with Crippen molar-refractivity contribution >= 4 is 5.97 Å². The Labute approximate surface area is 107 Å². The third-order valence-corrected chi connectivity index (χ3v) is 3.25. The molecule has 6 heteroatoms. The molecule has 1 rings (SSSR count). The van der Waals surface area contributed by atoms with Crippen LogP contribution in [0, 0.1) is 0 Å². The summed E-state index contributed by atoms with van der Waals surface area (Å²) >= 11 is 0. The highest BCUT2D eigenvalue weighted by Crippen LogP contribution is 2.25. The van der Waals surface area contributed by atoms with Gasteiger partial charge in [-0.25, -0.2) is 4.68 Å². The van der Waals surface area contributed by atoms with Crippen molar-refractivity contribution in [1.82, 2.24) is 20.2 Å². The quantitative estimate of drug-likeness (QED) is 0.770. The van der Waals surface area contributed by atoms with E-state index < -0.39 is 5.97 Å². The molecule has 6 nitrogen and oxygen atoms in total. The van der Waals surface area contributed by atoms with Crippen molar-refractivity contribution in [2.45, 2.75) is 64.8 Å². The number of rotatable bonds is 8. The molecule has 0 radical (unpaired) electrons. The standard InChI is InChI=1S/C12H22N4O2/c1-4-7-10(8-11(17)18)16-12(13-14-15-16)9(5-2)6-3/h9-10H,4-8H2,1-3H3,(H,17,18). The Hall–Kier alpha value is -1.46. The average molecular weight is 254 g/mol. The molecule has 1 unspecified atom stereocenters. The highest BCUT2D eigenvalue weighted by Gasteiger charge is 2.23. The number of aliphatic carboxylic acids is 1. The van der Waals surface area contributed by atoms with E-state index in [2.05, 4.69) is 29.4 Å². The van der Waals surface area contributed by atoms with Gasteiger partial charge in [-0.1, -0.05) is 27.2 Å². The molecule has 0 aliphatic heterocycles. The third kappa shape index (κ3) is 3.51. The molecule has 0 saturated carbocycles. The molecule has 1 N–H and O–H groups in total.